The molecule has 2 aromatic carbocycles. The van der Waals surface area contributed by atoms with Gasteiger partial charge in [0.2, 0.25) is 10.0 Å². The highest BCUT2D eigenvalue weighted by molar-refractivity contribution is 7.88. The summed E-state index contributed by atoms with van der Waals surface area (Å²) < 4.78 is 41.2. The normalized spacial score (nSPS) is 18.2. The Kier molecular flexibility index (Phi) is 5.90. The molecule has 0 aliphatic carbocycles. The Morgan fingerprint density at radius 3 is 2.52 bits per heavy atom. The Morgan fingerprint density at radius 1 is 1.07 bits per heavy atom. The largest absolute Gasteiger partial charge is 0.374 e. The highest BCUT2D eigenvalue weighted by Gasteiger charge is 2.27. The van der Waals surface area contributed by atoms with Crippen LogP contribution in [-0.2, 0) is 22.2 Å². The maximum Gasteiger partial charge on any atom is 0.215 e. The lowest BCUT2D eigenvalue weighted by Gasteiger charge is -2.29. The predicted octanol–water partition coefficient (Wildman–Crippen LogP) is 3.07. The minimum Gasteiger partial charge on any atom is -0.374 e. The fourth-order valence-electron chi connectivity index (χ4n) is 4.36. The van der Waals surface area contributed by atoms with Gasteiger partial charge in [-0.15, -0.1) is 0 Å². The van der Waals surface area contributed by atoms with E-state index in [-0.39, 0.29) is 17.6 Å². The van der Waals surface area contributed by atoms with Gasteiger partial charge in [0, 0.05) is 31.9 Å². The summed E-state index contributed by atoms with van der Waals surface area (Å²) in [7, 11) is -1.40. The molecular formula is C22H28FN3O2S. The first-order valence-corrected chi connectivity index (χ1v) is 11.9. The number of anilines is 1. The quantitative estimate of drug-likeness (QED) is 0.752. The molecule has 2 aliphatic heterocycles. The second-order valence-electron chi connectivity index (χ2n) is 8.05. The average Bonchev–Trinajstić information content (AvgIpc) is 3.34. The van der Waals surface area contributed by atoms with E-state index in [2.05, 4.69) is 39.8 Å². The zero-order valence-electron chi connectivity index (χ0n) is 16.8. The molecule has 0 amide bonds. The van der Waals surface area contributed by atoms with E-state index in [0.717, 1.165) is 38.9 Å². The van der Waals surface area contributed by atoms with Crippen molar-refractivity contribution in [1.29, 1.82) is 0 Å². The third-order valence-corrected chi connectivity index (χ3v) is 7.28. The van der Waals surface area contributed by atoms with E-state index in [4.69, 9.17) is 0 Å². The minimum atomic E-state index is -3.51. The first-order valence-electron chi connectivity index (χ1n) is 10.2. The maximum atomic E-state index is 13.1. The van der Waals surface area contributed by atoms with E-state index < -0.39 is 10.0 Å². The number of likely N-dealkylation sites (tertiary alicyclic amines) is 1. The van der Waals surface area contributed by atoms with Crippen LogP contribution in [0.25, 0.3) is 0 Å². The molecule has 2 aromatic rings. The van der Waals surface area contributed by atoms with E-state index in [0.29, 0.717) is 12.1 Å². The molecule has 0 bridgehead atoms. The Balaban J connectivity index is 1.50. The Hall–Kier alpha value is -1.96. The molecule has 0 aromatic heterocycles. The highest BCUT2D eigenvalue weighted by Crippen LogP contribution is 2.32. The highest BCUT2D eigenvalue weighted by atomic mass is 32.2. The molecule has 1 N–H and O–H groups in total. The molecule has 0 saturated carbocycles. The lowest BCUT2D eigenvalue weighted by molar-refractivity contribution is 0.246. The molecule has 0 radical (unpaired) electrons. The van der Waals surface area contributed by atoms with Gasteiger partial charge in [0.1, 0.15) is 5.82 Å². The minimum absolute atomic E-state index is 0.0247. The molecule has 0 spiro atoms. The number of nitrogens with zero attached hydrogens (tertiary/aromatic N) is 2. The predicted molar refractivity (Wildman–Crippen MR) is 114 cm³/mol. The molecule has 1 saturated heterocycles. The SMILES string of the molecule is CN1CCc2cc(C(CNS(=O)(=O)Cc3ccc(F)cc3)N3CCCC3)ccc21. The van der Waals surface area contributed by atoms with Crippen molar-refractivity contribution < 1.29 is 12.8 Å². The summed E-state index contributed by atoms with van der Waals surface area (Å²) in [6.45, 7) is 3.35. The summed E-state index contributed by atoms with van der Waals surface area (Å²) in [5.41, 5.74) is 4.36. The smallest absolute Gasteiger partial charge is 0.215 e. The molecule has 4 rings (SSSR count). The number of rotatable bonds is 7. The number of benzene rings is 2. The molecule has 2 heterocycles. The van der Waals surface area contributed by atoms with Gasteiger partial charge in [-0.2, -0.15) is 0 Å². The zero-order valence-corrected chi connectivity index (χ0v) is 17.6. The van der Waals surface area contributed by atoms with Crippen molar-refractivity contribution in [2.45, 2.75) is 31.1 Å². The second kappa shape index (κ2) is 8.42. The average molecular weight is 418 g/mol. The molecule has 1 fully saturated rings. The number of hydrogen-bond acceptors (Lipinski definition) is 4. The molecule has 156 valence electrons. The van der Waals surface area contributed by atoms with E-state index in [1.54, 1.807) is 0 Å². The standard InChI is InChI=1S/C22H28FN3O2S/c1-25-13-10-19-14-18(6-9-21(19)25)22(26-11-2-3-12-26)15-24-29(27,28)16-17-4-7-20(23)8-5-17/h4-9,14,22,24H,2-3,10-13,15-16H2,1H3. The molecule has 7 heteroatoms. The van der Waals surface area contributed by atoms with Crippen LogP contribution in [-0.4, -0.2) is 46.5 Å². The number of hydrogen-bond donors (Lipinski definition) is 1. The molecule has 1 atom stereocenters. The van der Waals surface area contributed by atoms with E-state index in [1.165, 1.54) is 41.1 Å². The number of halogens is 1. The van der Waals surface area contributed by atoms with Crippen LogP contribution >= 0.6 is 0 Å². The third-order valence-electron chi connectivity index (χ3n) is 5.96. The van der Waals surface area contributed by atoms with Crippen LogP contribution in [0.3, 0.4) is 0 Å². The number of sulfonamides is 1. The van der Waals surface area contributed by atoms with Gasteiger partial charge in [-0.3, -0.25) is 4.90 Å². The van der Waals surface area contributed by atoms with Crippen LogP contribution in [0.5, 0.6) is 0 Å². The van der Waals surface area contributed by atoms with Crippen LogP contribution in [0.1, 0.15) is 35.6 Å². The van der Waals surface area contributed by atoms with Gasteiger partial charge in [-0.1, -0.05) is 24.3 Å². The fourth-order valence-corrected chi connectivity index (χ4v) is 5.51. The van der Waals surface area contributed by atoms with Gasteiger partial charge in [-0.05, 0) is 67.2 Å². The van der Waals surface area contributed by atoms with Crippen molar-refractivity contribution >= 4 is 15.7 Å². The topological polar surface area (TPSA) is 52.7 Å². The van der Waals surface area contributed by atoms with Crippen molar-refractivity contribution in [1.82, 2.24) is 9.62 Å². The maximum absolute atomic E-state index is 13.1. The Morgan fingerprint density at radius 2 is 1.79 bits per heavy atom. The van der Waals surface area contributed by atoms with E-state index in [9.17, 15) is 12.8 Å². The van der Waals surface area contributed by atoms with Crippen molar-refractivity contribution in [2.24, 2.45) is 0 Å². The van der Waals surface area contributed by atoms with Crippen LogP contribution in [0.2, 0.25) is 0 Å². The van der Waals surface area contributed by atoms with Crippen LogP contribution in [0.4, 0.5) is 10.1 Å². The van der Waals surface area contributed by atoms with Gasteiger partial charge in [0.05, 0.1) is 5.75 Å². The van der Waals surface area contributed by atoms with Gasteiger partial charge in [0.25, 0.3) is 0 Å². The van der Waals surface area contributed by atoms with Gasteiger partial charge >= 0.3 is 0 Å². The molecule has 2 aliphatic rings. The number of likely N-dealkylation sites (N-methyl/N-ethyl adjacent to an activating group) is 1. The Labute approximate surface area is 172 Å². The molecule has 1 unspecified atom stereocenters. The third kappa shape index (κ3) is 4.79. The van der Waals surface area contributed by atoms with Gasteiger partial charge in [-0.25, -0.2) is 17.5 Å². The number of fused-ring (bicyclic) bond motifs is 1. The van der Waals surface area contributed by atoms with E-state index >= 15 is 0 Å². The monoisotopic (exact) mass is 417 g/mol. The summed E-state index contributed by atoms with van der Waals surface area (Å²) in [6.07, 6.45) is 3.32. The molecule has 5 nitrogen and oxygen atoms in total. The van der Waals surface area contributed by atoms with Crippen molar-refractivity contribution in [3.8, 4) is 0 Å². The lowest BCUT2D eigenvalue weighted by atomic mass is 10.0. The summed E-state index contributed by atoms with van der Waals surface area (Å²) in [5.74, 6) is -0.509. The van der Waals surface area contributed by atoms with Gasteiger partial charge in [0.15, 0.2) is 0 Å². The lowest BCUT2D eigenvalue weighted by Crippen LogP contribution is -2.37. The molecule has 29 heavy (non-hydrogen) atoms. The zero-order chi connectivity index (χ0) is 20.4. The summed E-state index contributed by atoms with van der Waals surface area (Å²) in [5, 5.41) is 0. The number of nitrogens with one attached hydrogen (secondary N) is 1. The second-order valence-corrected chi connectivity index (χ2v) is 9.86. The summed E-state index contributed by atoms with van der Waals surface area (Å²) in [6, 6.07) is 12.2. The van der Waals surface area contributed by atoms with Crippen LogP contribution in [0, 0.1) is 5.82 Å². The Bertz CT molecular complexity index is 957. The van der Waals surface area contributed by atoms with Crippen molar-refractivity contribution in [3.63, 3.8) is 0 Å². The van der Waals surface area contributed by atoms with Crippen LogP contribution < -0.4 is 9.62 Å². The van der Waals surface area contributed by atoms with Crippen LogP contribution in [0.15, 0.2) is 42.5 Å². The first-order chi connectivity index (χ1) is 13.9. The summed E-state index contributed by atoms with van der Waals surface area (Å²) in [4.78, 5) is 4.64. The molecular weight excluding hydrogens is 389 g/mol. The van der Waals surface area contributed by atoms with E-state index in [1.807, 2.05) is 0 Å². The fraction of sp³-hybridized carbons (Fsp3) is 0.455. The first kappa shape index (κ1) is 20.3. The van der Waals surface area contributed by atoms with Gasteiger partial charge < -0.3 is 4.90 Å². The van der Waals surface area contributed by atoms with Crippen molar-refractivity contribution in [3.05, 3.63) is 65.0 Å². The van der Waals surface area contributed by atoms with Crippen molar-refractivity contribution in [2.75, 3.05) is 38.1 Å². The summed E-state index contributed by atoms with van der Waals surface area (Å²) >= 11 is 0.